The Bertz CT molecular complexity index is 557. The summed E-state index contributed by atoms with van der Waals surface area (Å²) >= 11 is 5.93. The van der Waals surface area contributed by atoms with E-state index in [2.05, 4.69) is 4.72 Å². The van der Waals surface area contributed by atoms with Gasteiger partial charge in [0, 0.05) is 18.2 Å². The quantitative estimate of drug-likeness (QED) is 0.792. The van der Waals surface area contributed by atoms with E-state index >= 15 is 0 Å². The lowest BCUT2D eigenvalue weighted by atomic mass is 10.3. The van der Waals surface area contributed by atoms with Crippen molar-refractivity contribution in [1.29, 1.82) is 0 Å². The highest BCUT2D eigenvalue weighted by molar-refractivity contribution is 7.89. The molecule has 2 N–H and O–H groups in total. The number of sulfonamides is 1. The van der Waals surface area contributed by atoms with Gasteiger partial charge in [0.25, 0.3) is 0 Å². The lowest BCUT2D eigenvalue weighted by Gasteiger charge is -2.17. The number of benzene rings is 1. The number of aliphatic hydroxyl groups excluding tert-OH is 1. The number of halogens is 1. The molecule has 1 aromatic rings. The van der Waals surface area contributed by atoms with Crippen molar-refractivity contribution in [3.8, 4) is 11.5 Å². The van der Waals surface area contributed by atoms with E-state index in [1.54, 1.807) is 6.92 Å². The minimum Gasteiger partial charge on any atom is -0.495 e. The van der Waals surface area contributed by atoms with Crippen LogP contribution in [0.25, 0.3) is 0 Å². The Labute approximate surface area is 123 Å². The van der Waals surface area contributed by atoms with Crippen LogP contribution >= 0.6 is 11.6 Å². The van der Waals surface area contributed by atoms with Crippen LogP contribution < -0.4 is 14.2 Å². The van der Waals surface area contributed by atoms with Crippen molar-refractivity contribution in [2.45, 2.75) is 24.3 Å². The number of hydrogen-bond acceptors (Lipinski definition) is 5. The number of ether oxygens (including phenoxy) is 2. The standard InChI is InChI=1S/C12H18ClNO5S/c1-4-8(7-15)14-20(16,17)12-6-10(18-2)9(13)5-11(12)19-3/h5-6,8,14-15H,4,7H2,1-3H3/t8-/m0/s1. The topological polar surface area (TPSA) is 84.9 Å². The molecule has 0 amide bonds. The zero-order valence-electron chi connectivity index (χ0n) is 11.5. The minimum atomic E-state index is -3.85. The van der Waals surface area contributed by atoms with Gasteiger partial charge < -0.3 is 14.6 Å². The average Bonchev–Trinajstić information content (AvgIpc) is 2.44. The molecule has 0 radical (unpaired) electrons. The SMILES string of the molecule is CC[C@@H](CO)NS(=O)(=O)c1cc(OC)c(Cl)cc1OC. The summed E-state index contributed by atoms with van der Waals surface area (Å²) in [5.41, 5.74) is 0. The highest BCUT2D eigenvalue weighted by Gasteiger charge is 2.24. The summed E-state index contributed by atoms with van der Waals surface area (Å²) in [5, 5.41) is 9.35. The summed E-state index contributed by atoms with van der Waals surface area (Å²) in [6, 6.07) is 2.09. The van der Waals surface area contributed by atoms with Crippen molar-refractivity contribution < 1.29 is 23.0 Å². The number of aliphatic hydroxyl groups is 1. The van der Waals surface area contributed by atoms with Crippen LogP contribution in [0.1, 0.15) is 13.3 Å². The Hall–Kier alpha value is -1.02. The zero-order valence-corrected chi connectivity index (χ0v) is 13.1. The van der Waals surface area contributed by atoms with Crippen molar-refractivity contribution >= 4 is 21.6 Å². The van der Waals surface area contributed by atoms with Crippen molar-refractivity contribution in [3.63, 3.8) is 0 Å². The fourth-order valence-corrected chi connectivity index (χ4v) is 3.28. The fraction of sp³-hybridized carbons (Fsp3) is 0.500. The Morgan fingerprint density at radius 2 is 1.90 bits per heavy atom. The molecule has 0 bridgehead atoms. The molecule has 0 saturated carbocycles. The van der Waals surface area contributed by atoms with E-state index in [-0.39, 0.29) is 28.0 Å². The Morgan fingerprint density at radius 1 is 1.30 bits per heavy atom. The monoisotopic (exact) mass is 323 g/mol. The second-order valence-electron chi connectivity index (χ2n) is 4.05. The van der Waals surface area contributed by atoms with E-state index in [0.29, 0.717) is 6.42 Å². The summed E-state index contributed by atoms with van der Waals surface area (Å²) in [6.07, 6.45) is 0.461. The third kappa shape index (κ3) is 3.76. The van der Waals surface area contributed by atoms with Gasteiger partial charge in [0.15, 0.2) is 0 Å². The molecule has 0 aromatic heterocycles. The maximum atomic E-state index is 12.3. The zero-order chi connectivity index (χ0) is 15.3. The third-order valence-corrected chi connectivity index (χ3v) is 4.60. The number of methoxy groups -OCH3 is 2. The number of rotatable bonds is 7. The molecular formula is C12H18ClNO5S. The van der Waals surface area contributed by atoms with Crippen LogP contribution in [0, 0.1) is 0 Å². The van der Waals surface area contributed by atoms with Crippen molar-refractivity contribution in [3.05, 3.63) is 17.2 Å². The summed E-state index contributed by atoms with van der Waals surface area (Å²) in [4.78, 5) is -0.0897. The van der Waals surface area contributed by atoms with Gasteiger partial charge in [-0.1, -0.05) is 18.5 Å². The van der Waals surface area contributed by atoms with Crippen LogP contribution in [0.4, 0.5) is 0 Å². The first-order valence-corrected chi connectivity index (χ1v) is 7.80. The molecule has 1 aromatic carbocycles. The molecule has 0 fully saturated rings. The Balaban J connectivity index is 3.29. The Kier molecular flexibility index (Phi) is 6.07. The van der Waals surface area contributed by atoms with E-state index in [9.17, 15) is 8.42 Å². The van der Waals surface area contributed by atoms with Crippen LogP contribution in [0.2, 0.25) is 5.02 Å². The molecule has 1 atom stereocenters. The van der Waals surface area contributed by atoms with E-state index < -0.39 is 16.1 Å². The summed E-state index contributed by atoms with van der Waals surface area (Å²) in [5.74, 6) is 0.334. The summed E-state index contributed by atoms with van der Waals surface area (Å²) in [6.45, 7) is 1.48. The van der Waals surface area contributed by atoms with E-state index in [0.717, 1.165) is 0 Å². The molecule has 0 unspecified atom stereocenters. The van der Waals surface area contributed by atoms with Gasteiger partial charge in [0.2, 0.25) is 10.0 Å². The summed E-state index contributed by atoms with van der Waals surface area (Å²) < 4.78 is 37.1. The molecular weight excluding hydrogens is 306 g/mol. The van der Waals surface area contributed by atoms with Gasteiger partial charge in [-0.3, -0.25) is 0 Å². The molecule has 8 heteroatoms. The lowest BCUT2D eigenvalue weighted by molar-refractivity contribution is 0.253. The van der Waals surface area contributed by atoms with Gasteiger partial charge in [0.1, 0.15) is 16.4 Å². The predicted octanol–water partition coefficient (Wildman–Crippen LogP) is 1.41. The first kappa shape index (κ1) is 17.0. The lowest BCUT2D eigenvalue weighted by Crippen LogP contribution is -2.37. The van der Waals surface area contributed by atoms with Gasteiger partial charge in [-0.25, -0.2) is 13.1 Å². The maximum Gasteiger partial charge on any atom is 0.244 e. The molecule has 0 saturated heterocycles. The highest BCUT2D eigenvalue weighted by Crippen LogP contribution is 2.35. The van der Waals surface area contributed by atoms with E-state index in [4.69, 9.17) is 26.2 Å². The molecule has 0 heterocycles. The molecule has 0 aliphatic rings. The molecule has 0 aliphatic heterocycles. The van der Waals surface area contributed by atoms with Crippen molar-refractivity contribution in [1.82, 2.24) is 4.72 Å². The minimum absolute atomic E-state index is 0.0897. The first-order chi connectivity index (χ1) is 9.39. The highest BCUT2D eigenvalue weighted by atomic mass is 35.5. The average molecular weight is 324 g/mol. The van der Waals surface area contributed by atoms with Gasteiger partial charge in [-0.2, -0.15) is 0 Å². The molecule has 0 aliphatic carbocycles. The van der Waals surface area contributed by atoms with Gasteiger partial charge >= 0.3 is 0 Å². The second kappa shape index (κ2) is 7.12. The van der Waals surface area contributed by atoms with E-state index in [1.165, 1.54) is 26.4 Å². The van der Waals surface area contributed by atoms with Crippen LogP contribution in [-0.2, 0) is 10.0 Å². The molecule has 6 nitrogen and oxygen atoms in total. The third-order valence-electron chi connectivity index (χ3n) is 2.76. The second-order valence-corrected chi connectivity index (χ2v) is 6.14. The molecule has 1 rings (SSSR count). The van der Waals surface area contributed by atoms with Gasteiger partial charge in [-0.15, -0.1) is 0 Å². The van der Waals surface area contributed by atoms with Crippen LogP contribution in [0.5, 0.6) is 11.5 Å². The number of nitrogens with one attached hydrogen (secondary N) is 1. The largest absolute Gasteiger partial charge is 0.495 e. The molecule has 114 valence electrons. The smallest absolute Gasteiger partial charge is 0.244 e. The summed E-state index contributed by atoms with van der Waals surface area (Å²) in [7, 11) is -1.11. The van der Waals surface area contributed by atoms with E-state index in [1.807, 2.05) is 0 Å². The van der Waals surface area contributed by atoms with Gasteiger partial charge in [-0.05, 0) is 6.42 Å². The fourth-order valence-electron chi connectivity index (χ4n) is 1.58. The normalized spacial score (nSPS) is 13.1. The van der Waals surface area contributed by atoms with Crippen LogP contribution in [-0.4, -0.2) is 40.4 Å². The van der Waals surface area contributed by atoms with Crippen molar-refractivity contribution in [2.24, 2.45) is 0 Å². The number of hydrogen-bond donors (Lipinski definition) is 2. The van der Waals surface area contributed by atoms with Crippen LogP contribution in [0.15, 0.2) is 17.0 Å². The van der Waals surface area contributed by atoms with Crippen molar-refractivity contribution in [2.75, 3.05) is 20.8 Å². The predicted molar refractivity (Wildman–Crippen MR) is 76.0 cm³/mol. The van der Waals surface area contributed by atoms with Crippen LogP contribution in [0.3, 0.4) is 0 Å². The first-order valence-electron chi connectivity index (χ1n) is 5.94. The Morgan fingerprint density at radius 3 is 2.35 bits per heavy atom. The maximum absolute atomic E-state index is 12.3. The van der Waals surface area contributed by atoms with Gasteiger partial charge in [0.05, 0.1) is 25.8 Å². The molecule has 0 spiro atoms. The molecule has 20 heavy (non-hydrogen) atoms.